The van der Waals surface area contributed by atoms with Crippen molar-refractivity contribution in [2.24, 2.45) is 5.84 Å². The largest absolute Gasteiger partial charge is 0.464 e. The van der Waals surface area contributed by atoms with Crippen LogP contribution >= 0.6 is 22.5 Å². The zero-order valence-corrected chi connectivity index (χ0v) is 12.8. The molecule has 4 nitrogen and oxygen atoms in total. The number of amides is 1. The second-order valence-electron chi connectivity index (χ2n) is 2.21. The molecule has 1 rings (SSSR count). The van der Waals surface area contributed by atoms with Crippen molar-refractivity contribution < 1.29 is 29.4 Å². The van der Waals surface area contributed by atoms with E-state index < -0.39 is 6.09 Å². The zero-order chi connectivity index (χ0) is 10.8. The molecule has 4 N–H and O–H groups in total. The summed E-state index contributed by atoms with van der Waals surface area (Å²) < 4.78 is 0. The number of nitrogens with two attached hydrogens (primary N) is 1. The van der Waals surface area contributed by atoms with E-state index in [0.29, 0.717) is 0 Å². The van der Waals surface area contributed by atoms with Crippen LogP contribution in [0.25, 0.3) is 0 Å². The molecule has 80 valence electrons. The molecule has 0 fully saturated rings. The average Bonchev–Trinajstić information content (AvgIpc) is 2.21. The summed E-state index contributed by atoms with van der Waals surface area (Å²) in [5.41, 5.74) is 2.78. The first-order valence-electron chi connectivity index (χ1n) is 3.70. The van der Waals surface area contributed by atoms with E-state index in [0.717, 1.165) is 5.75 Å². The van der Waals surface area contributed by atoms with Gasteiger partial charge in [0.05, 0.1) is 0 Å². The van der Waals surface area contributed by atoms with Crippen LogP contribution in [0.4, 0.5) is 4.79 Å². The van der Waals surface area contributed by atoms with E-state index in [1.807, 2.05) is 18.2 Å². The van der Waals surface area contributed by atoms with E-state index >= 15 is 0 Å². The van der Waals surface area contributed by atoms with Crippen LogP contribution in [0, 0.1) is 0 Å². The van der Waals surface area contributed by atoms with Crippen LogP contribution in [0.5, 0.6) is 0 Å². The van der Waals surface area contributed by atoms with Gasteiger partial charge in [-0.3, -0.25) is 5.43 Å². The topological polar surface area (TPSA) is 75.3 Å². The number of hydrogen-bond donors (Lipinski definition) is 4. The van der Waals surface area contributed by atoms with Gasteiger partial charge in [-0.05, 0) is 5.56 Å². The van der Waals surface area contributed by atoms with Crippen LogP contribution in [0.2, 0.25) is 0 Å². The minimum Gasteiger partial charge on any atom is -0.464 e. The molecule has 1 aromatic rings. The first-order valence-corrected chi connectivity index (χ1v) is 5.74. The standard InChI is InChI=1S/C7H8S2.CH4N2O2.Zn/c8-9-6-7-4-2-1-3-5-7;2-3-1(4)5;/h1-5,8H,6H2;3H,2H2,(H,4,5);. The Morgan fingerprint density at radius 3 is 2.27 bits per heavy atom. The summed E-state index contributed by atoms with van der Waals surface area (Å²) in [5, 5.41) is 7.49. The van der Waals surface area contributed by atoms with E-state index in [1.54, 1.807) is 10.8 Å². The number of carbonyl (C=O) groups is 1. The molecule has 0 radical (unpaired) electrons. The predicted octanol–water partition coefficient (Wildman–Crippen LogP) is 1.89. The van der Waals surface area contributed by atoms with Gasteiger partial charge in [0.1, 0.15) is 0 Å². The van der Waals surface area contributed by atoms with Gasteiger partial charge in [0, 0.05) is 25.2 Å². The van der Waals surface area contributed by atoms with Crippen molar-refractivity contribution >= 4 is 28.5 Å². The molecular weight excluding hydrogens is 286 g/mol. The molecule has 1 amide bonds. The summed E-state index contributed by atoms with van der Waals surface area (Å²) in [4.78, 5) is 9.13. The molecule has 7 heteroatoms. The van der Waals surface area contributed by atoms with Gasteiger partial charge in [-0.25, -0.2) is 10.6 Å². The second kappa shape index (κ2) is 11.8. The van der Waals surface area contributed by atoms with Crippen LogP contribution in [-0.4, -0.2) is 11.2 Å². The minimum absolute atomic E-state index is 0. The molecular formula is C8H12N2O2S2Zn. The predicted molar refractivity (Wildman–Crippen MR) is 62.1 cm³/mol. The molecule has 0 aliphatic carbocycles. The van der Waals surface area contributed by atoms with Gasteiger partial charge < -0.3 is 5.11 Å². The smallest absolute Gasteiger partial charge is 0.418 e. The first kappa shape index (κ1) is 17.2. The number of thiol groups is 1. The number of nitrogens with one attached hydrogen (secondary N) is 1. The molecule has 0 saturated carbocycles. The Kier molecular flexibility index (Phi) is 13.6. The van der Waals surface area contributed by atoms with Crippen molar-refractivity contribution in [1.82, 2.24) is 5.43 Å². The van der Waals surface area contributed by atoms with Crippen LogP contribution in [0.15, 0.2) is 30.3 Å². The van der Waals surface area contributed by atoms with E-state index in [9.17, 15) is 0 Å². The van der Waals surface area contributed by atoms with Crippen LogP contribution in [-0.2, 0) is 25.2 Å². The van der Waals surface area contributed by atoms with Gasteiger partial charge in [0.2, 0.25) is 0 Å². The fourth-order valence-electron chi connectivity index (χ4n) is 0.649. The molecule has 0 spiro atoms. The Balaban J connectivity index is 0. The summed E-state index contributed by atoms with van der Waals surface area (Å²) >= 11 is 4.05. The summed E-state index contributed by atoms with van der Waals surface area (Å²) in [7, 11) is 1.55. The molecule has 1 aromatic carbocycles. The van der Waals surface area contributed by atoms with Gasteiger partial charge in [-0.2, -0.15) is 0 Å². The summed E-state index contributed by atoms with van der Waals surface area (Å²) in [6.07, 6.45) is -1.22. The van der Waals surface area contributed by atoms with Crippen molar-refractivity contribution in [3.63, 3.8) is 0 Å². The maximum Gasteiger partial charge on any atom is 0.418 e. The third-order valence-electron chi connectivity index (χ3n) is 1.20. The van der Waals surface area contributed by atoms with Gasteiger partial charge in [0.25, 0.3) is 0 Å². The Hall–Kier alpha value is -0.227. The van der Waals surface area contributed by atoms with Crippen molar-refractivity contribution in [2.75, 3.05) is 0 Å². The van der Waals surface area contributed by atoms with E-state index in [-0.39, 0.29) is 19.5 Å². The number of rotatable bonds is 2. The minimum atomic E-state index is -1.22. The Bertz CT molecular complexity index is 262. The number of hydrogen-bond acceptors (Lipinski definition) is 4. The van der Waals surface area contributed by atoms with E-state index in [1.165, 1.54) is 11.0 Å². The van der Waals surface area contributed by atoms with Gasteiger partial charge in [-0.15, -0.1) is 11.7 Å². The summed E-state index contributed by atoms with van der Waals surface area (Å²) in [6, 6.07) is 10.3. The molecule has 0 bridgehead atoms. The quantitative estimate of drug-likeness (QED) is 0.168. The zero-order valence-electron chi connectivity index (χ0n) is 8.09. The summed E-state index contributed by atoms with van der Waals surface area (Å²) in [6.45, 7) is 0. The normalized spacial score (nSPS) is 7.87. The number of carboxylic acid groups (broad SMARTS) is 1. The monoisotopic (exact) mass is 296 g/mol. The molecule has 0 aliphatic rings. The molecule has 0 unspecified atom stereocenters. The van der Waals surface area contributed by atoms with Gasteiger partial charge in [-0.1, -0.05) is 41.1 Å². The Morgan fingerprint density at radius 1 is 1.47 bits per heavy atom. The molecule has 0 aromatic heterocycles. The molecule has 0 aliphatic heterocycles. The third-order valence-corrected chi connectivity index (χ3v) is 2.05. The van der Waals surface area contributed by atoms with Crippen LogP contribution in [0.3, 0.4) is 0 Å². The average molecular weight is 298 g/mol. The van der Waals surface area contributed by atoms with Gasteiger partial charge in [0.15, 0.2) is 0 Å². The summed E-state index contributed by atoms with van der Waals surface area (Å²) in [5.74, 6) is 5.31. The molecule has 0 heterocycles. The fourth-order valence-corrected chi connectivity index (χ4v) is 1.44. The van der Waals surface area contributed by atoms with E-state index in [2.05, 4.69) is 29.6 Å². The second-order valence-corrected chi connectivity index (χ2v) is 3.53. The Labute approximate surface area is 111 Å². The maximum atomic E-state index is 9.13. The molecule has 0 saturated heterocycles. The van der Waals surface area contributed by atoms with Crippen molar-refractivity contribution in [1.29, 1.82) is 0 Å². The van der Waals surface area contributed by atoms with Crippen molar-refractivity contribution in [3.8, 4) is 0 Å². The van der Waals surface area contributed by atoms with E-state index in [4.69, 9.17) is 9.90 Å². The van der Waals surface area contributed by atoms with Crippen LogP contribution < -0.4 is 11.3 Å². The van der Waals surface area contributed by atoms with Crippen LogP contribution in [0.1, 0.15) is 5.56 Å². The SMILES string of the molecule is NNC(=O)O.SSCc1ccccc1.[Zn]. The molecule has 15 heavy (non-hydrogen) atoms. The van der Waals surface area contributed by atoms with Crippen molar-refractivity contribution in [3.05, 3.63) is 35.9 Å². The maximum absolute atomic E-state index is 9.13. The Morgan fingerprint density at radius 2 is 1.93 bits per heavy atom. The van der Waals surface area contributed by atoms with Gasteiger partial charge >= 0.3 is 6.09 Å². The number of benzene rings is 1. The third kappa shape index (κ3) is 11.7. The molecule has 0 atom stereocenters. The first-order chi connectivity index (χ1) is 6.70. The fraction of sp³-hybridized carbons (Fsp3) is 0.125. The number of hydrazine groups is 1. The van der Waals surface area contributed by atoms with Crippen molar-refractivity contribution in [2.45, 2.75) is 5.75 Å².